The zero-order valence-electron chi connectivity index (χ0n) is 10.1. The molecule has 0 fully saturated rings. The summed E-state index contributed by atoms with van der Waals surface area (Å²) in [6, 6.07) is 7.72. The average Bonchev–Trinajstić information content (AvgIpc) is 2.76. The van der Waals surface area contributed by atoms with Crippen molar-refractivity contribution >= 4 is 15.9 Å². The lowest BCUT2D eigenvalue weighted by molar-refractivity contribution is 0.248. The van der Waals surface area contributed by atoms with Crippen LogP contribution in [-0.4, -0.2) is 11.7 Å². The van der Waals surface area contributed by atoms with E-state index >= 15 is 0 Å². The number of benzene rings is 1. The minimum atomic E-state index is 0.380. The van der Waals surface area contributed by atoms with Crippen LogP contribution < -0.4 is 10.5 Å². The van der Waals surface area contributed by atoms with Gasteiger partial charge in [0.05, 0.1) is 5.69 Å². The van der Waals surface area contributed by atoms with Crippen LogP contribution in [0.3, 0.4) is 0 Å². The molecule has 0 bridgehead atoms. The zero-order valence-corrected chi connectivity index (χ0v) is 11.7. The molecule has 2 aromatic rings. The summed E-state index contributed by atoms with van der Waals surface area (Å²) in [7, 11) is 0. The van der Waals surface area contributed by atoms with Crippen LogP contribution in [0.4, 0.5) is 0 Å². The third-order valence-electron chi connectivity index (χ3n) is 2.49. The molecular formula is C13H15BrN2O2. The predicted octanol–water partition coefficient (Wildman–Crippen LogP) is 2.83. The third kappa shape index (κ3) is 3.34. The lowest BCUT2D eigenvalue weighted by Gasteiger charge is -2.08. The molecule has 96 valence electrons. The molecule has 0 amide bonds. The molecule has 0 radical (unpaired) electrons. The summed E-state index contributed by atoms with van der Waals surface area (Å²) in [4.78, 5) is 0. The Bertz CT molecular complexity index is 525. The number of halogens is 1. The van der Waals surface area contributed by atoms with E-state index < -0.39 is 0 Å². The van der Waals surface area contributed by atoms with Crippen molar-refractivity contribution in [1.29, 1.82) is 0 Å². The largest absolute Gasteiger partial charge is 0.486 e. The molecule has 4 nitrogen and oxygen atoms in total. The van der Waals surface area contributed by atoms with E-state index in [1.165, 1.54) is 0 Å². The summed E-state index contributed by atoms with van der Waals surface area (Å²) in [5.41, 5.74) is 7.56. The Kier molecular flexibility index (Phi) is 4.38. The van der Waals surface area contributed by atoms with Gasteiger partial charge in [0.15, 0.2) is 5.76 Å². The maximum atomic E-state index is 5.65. The molecule has 2 rings (SSSR count). The Morgan fingerprint density at radius 3 is 2.89 bits per heavy atom. The van der Waals surface area contributed by atoms with Crippen LogP contribution in [0.2, 0.25) is 0 Å². The molecular weight excluding hydrogens is 296 g/mol. The number of hydrogen-bond donors (Lipinski definition) is 1. The normalized spacial score (nSPS) is 10.6. The molecule has 0 aliphatic rings. The fourth-order valence-electron chi connectivity index (χ4n) is 1.63. The number of aromatic nitrogens is 1. The van der Waals surface area contributed by atoms with E-state index in [1.54, 1.807) is 0 Å². The van der Waals surface area contributed by atoms with E-state index in [1.807, 2.05) is 31.2 Å². The van der Waals surface area contributed by atoms with Gasteiger partial charge in [-0.05, 0) is 43.7 Å². The Balaban J connectivity index is 2.03. The molecule has 1 heterocycles. The highest BCUT2D eigenvalue weighted by Gasteiger charge is 2.04. The van der Waals surface area contributed by atoms with Crippen molar-refractivity contribution in [2.24, 2.45) is 5.73 Å². The summed E-state index contributed by atoms with van der Waals surface area (Å²) < 4.78 is 11.8. The van der Waals surface area contributed by atoms with Crippen LogP contribution in [0, 0.1) is 6.92 Å². The topological polar surface area (TPSA) is 61.3 Å². The molecule has 0 saturated carbocycles. The summed E-state index contributed by atoms with van der Waals surface area (Å²) in [6.07, 6.45) is 0.819. The van der Waals surface area contributed by atoms with Crippen molar-refractivity contribution in [2.45, 2.75) is 20.0 Å². The molecule has 2 N–H and O–H groups in total. The molecule has 18 heavy (non-hydrogen) atoms. The first-order valence-electron chi connectivity index (χ1n) is 5.72. The van der Waals surface area contributed by atoms with Gasteiger partial charge in [0.2, 0.25) is 0 Å². The van der Waals surface area contributed by atoms with E-state index in [0.29, 0.717) is 13.2 Å². The van der Waals surface area contributed by atoms with Crippen molar-refractivity contribution < 1.29 is 9.26 Å². The van der Waals surface area contributed by atoms with Crippen molar-refractivity contribution in [3.63, 3.8) is 0 Å². The SMILES string of the molecule is Cc1cc(COc2ccc(Br)c(CCN)c2)on1. The highest BCUT2D eigenvalue weighted by molar-refractivity contribution is 9.10. The Morgan fingerprint density at radius 1 is 1.39 bits per heavy atom. The van der Waals surface area contributed by atoms with Gasteiger partial charge in [0, 0.05) is 10.5 Å². The van der Waals surface area contributed by atoms with Crippen molar-refractivity contribution in [3.8, 4) is 5.75 Å². The zero-order chi connectivity index (χ0) is 13.0. The summed E-state index contributed by atoms with van der Waals surface area (Å²) in [5.74, 6) is 1.52. The first-order chi connectivity index (χ1) is 8.69. The van der Waals surface area contributed by atoms with Gasteiger partial charge in [-0.3, -0.25) is 0 Å². The fourth-order valence-corrected chi connectivity index (χ4v) is 2.07. The van der Waals surface area contributed by atoms with Crippen LogP contribution in [0.1, 0.15) is 17.0 Å². The second-order valence-corrected chi connectivity index (χ2v) is 4.87. The summed E-state index contributed by atoms with van der Waals surface area (Å²) in [5, 5.41) is 3.81. The molecule has 0 spiro atoms. The highest BCUT2D eigenvalue weighted by atomic mass is 79.9. The molecule has 0 aliphatic carbocycles. The van der Waals surface area contributed by atoms with Gasteiger partial charge in [-0.25, -0.2) is 0 Å². The quantitative estimate of drug-likeness (QED) is 0.922. The number of aryl methyl sites for hydroxylation is 1. The van der Waals surface area contributed by atoms with Crippen molar-refractivity contribution in [3.05, 3.63) is 45.8 Å². The Labute approximate surface area is 114 Å². The first-order valence-corrected chi connectivity index (χ1v) is 6.52. The number of nitrogens with zero attached hydrogens (tertiary/aromatic N) is 1. The van der Waals surface area contributed by atoms with E-state index in [9.17, 15) is 0 Å². The van der Waals surface area contributed by atoms with Crippen LogP contribution in [-0.2, 0) is 13.0 Å². The van der Waals surface area contributed by atoms with E-state index in [2.05, 4.69) is 21.1 Å². The van der Waals surface area contributed by atoms with Crippen LogP contribution in [0.15, 0.2) is 33.3 Å². The fraction of sp³-hybridized carbons (Fsp3) is 0.308. The second kappa shape index (κ2) is 6.02. The maximum absolute atomic E-state index is 5.65. The highest BCUT2D eigenvalue weighted by Crippen LogP contribution is 2.23. The van der Waals surface area contributed by atoms with Crippen molar-refractivity contribution in [1.82, 2.24) is 5.16 Å². The van der Waals surface area contributed by atoms with Gasteiger partial charge < -0.3 is 15.0 Å². The lowest BCUT2D eigenvalue weighted by atomic mass is 10.1. The maximum Gasteiger partial charge on any atom is 0.174 e. The van der Waals surface area contributed by atoms with Gasteiger partial charge in [0.1, 0.15) is 12.4 Å². The number of nitrogens with two attached hydrogens (primary N) is 1. The summed E-state index contributed by atoms with van der Waals surface area (Å²) >= 11 is 3.49. The standard InChI is InChI=1S/C13H15BrN2O2/c1-9-6-12(18-16-9)8-17-11-2-3-13(14)10(7-11)4-5-15/h2-3,6-7H,4-5,8,15H2,1H3. The summed E-state index contributed by atoms with van der Waals surface area (Å²) in [6.45, 7) is 2.87. The number of hydrogen-bond acceptors (Lipinski definition) is 4. The minimum absolute atomic E-state index is 0.380. The molecule has 1 aromatic carbocycles. The number of ether oxygens (including phenoxy) is 1. The molecule has 0 unspecified atom stereocenters. The van der Waals surface area contributed by atoms with Gasteiger partial charge in [0.25, 0.3) is 0 Å². The van der Waals surface area contributed by atoms with Crippen molar-refractivity contribution in [2.75, 3.05) is 6.54 Å². The van der Waals surface area contributed by atoms with E-state index in [-0.39, 0.29) is 0 Å². The molecule has 0 aliphatic heterocycles. The first kappa shape index (κ1) is 13.1. The van der Waals surface area contributed by atoms with Crippen LogP contribution in [0.5, 0.6) is 5.75 Å². The van der Waals surface area contributed by atoms with Gasteiger partial charge in [-0.15, -0.1) is 0 Å². The Hall–Kier alpha value is -1.33. The van der Waals surface area contributed by atoms with Crippen LogP contribution >= 0.6 is 15.9 Å². The van der Waals surface area contributed by atoms with Gasteiger partial charge in [-0.1, -0.05) is 21.1 Å². The Morgan fingerprint density at radius 2 is 2.22 bits per heavy atom. The average molecular weight is 311 g/mol. The molecule has 0 saturated heterocycles. The van der Waals surface area contributed by atoms with Gasteiger partial charge >= 0.3 is 0 Å². The van der Waals surface area contributed by atoms with Gasteiger partial charge in [-0.2, -0.15) is 0 Å². The molecule has 0 atom stereocenters. The minimum Gasteiger partial charge on any atom is -0.486 e. The molecule has 5 heteroatoms. The smallest absolute Gasteiger partial charge is 0.174 e. The van der Waals surface area contributed by atoms with E-state index in [4.69, 9.17) is 15.0 Å². The third-order valence-corrected chi connectivity index (χ3v) is 3.26. The second-order valence-electron chi connectivity index (χ2n) is 4.02. The monoisotopic (exact) mass is 310 g/mol. The predicted molar refractivity (Wildman–Crippen MR) is 72.5 cm³/mol. The van der Waals surface area contributed by atoms with Crippen LogP contribution in [0.25, 0.3) is 0 Å². The number of rotatable bonds is 5. The van der Waals surface area contributed by atoms with E-state index in [0.717, 1.165) is 33.7 Å². The molecule has 1 aromatic heterocycles. The lowest BCUT2D eigenvalue weighted by Crippen LogP contribution is -2.03.